The zero-order chi connectivity index (χ0) is 12.5. The number of aliphatic carboxylic acids is 1. The van der Waals surface area contributed by atoms with Crippen molar-refractivity contribution in [1.29, 1.82) is 0 Å². The summed E-state index contributed by atoms with van der Waals surface area (Å²) in [5, 5.41) is 9.54. The number of imidazole rings is 1. The van der Waals surface area contributed by atoms with Gasteiger partial charge in [0.25, 0.3) is 0 Å². The molecule has 0 saturated heterocycles. The van der Waals surface area contributed by atoms with Crippen LogP contribution in [-0.2, 0) is 4.79 Å². The molecule has 0 radical (unpaired) electrons. The van der Waals surface area contributed by atoms with Gasteiger partial charge in [0, 0.05) is 18.4 Å². The van der Waals surface area contributed by atoms with Gasteiger partial charge >= 0.3 is 5.97 Å². The summed E-state index contributed by atoms with van der Waals surface area (Å²) in [5.41, 5.74) is 0.277. The lowest BCUT2D eigenvalue weighted by Gasteiger charge is -2.29. The summed E-state index contributed by atoms with van der Waals surface area (Å²) in [6.45, 7) is 4.55. The molecule has 1 aliphatic rings. The predicted octanol–water partition coefficient (Wildman–Crippen LogP) is 2.81. The zero-order valence-electron chi connectivity index (χ0n) is 10.2. The van der Waals surface area contributed by atoms with Crippen LogP contribution in [0.2, 0.25) is 0 Å². The number of carbonyl (C=O) groups is 1. The maximum absolute atomic E-state index is 10.6. The van der Waals surface area contributed by atoms with E-state index < -0.39 is 5.97 Å². The number of hydrogen-bond acceptors (Lipinski definition) is 3. The summed E-state index contributed by atoms with van der Waals surface area (Å²) < 4.78 is 2.15. The van der Waals surface area contributed by atoms with Crippen LogP contribution in [0.1, 0.15) is 39.2 Å². The highest BCUT2D eigenvalue weighted by Gasteiger charge is 2.36. The largest absolute Gasteiger partial charge is 0.481 e. The summed E-state index contributed by atoms with van der Waals surface area (Å²) in [5.74, 6) is -0.723. The molecule has 1 N–H and O–H groups in total. The molecule has 17 heavy (non-hydrogen) atoms. The molecular formula is C12H18N2O2S. The maximum Gasteiger partial charge on any atom is 0.313 e. The van der Waals surface area contributed by atoms with Crippen molar-refractivity contribution in [3.63, 3.8) is 0 Å². The lowest BCUT2D eigenvalue weighted by Crippen LogP contribution is -2.21. The molecule has 1 fully saturated rings. The monoisotopic (exact) mass is 254 g/mol. The van der Waals surface area contributed by atoms with Crippen LogP contribution in [0.15, 0.2) is 17.6 Å². The first-order valence-electron chi connectivity index (χ1n) is 5.88. The SMILES string of the molecule is CC1(C)CCCC1n1ccnc1SCC(=O)O. The Bertz CT molecular complexity index is 414. The number of aromatic nitrogens is 2. The van der Waals surface area contributed by atoms with E-state index in [9.17, 15) is 4.79 Å². The smallest absolute Gasteiger partial charge is 0.313 e. The highest BCUT2D eigenvalue weighted by Crippen LogP contribution is 2.46. The van der Waals surface area contributed by atoms with Gasteiger partial charge in [-0.1, -0.05) is 32.0 Å². The van der Waals surface area contributed by atoms with E-state index in [-0.39, 0.29) is 11.2 Å². The molecule has 4 nitrogen and oxygen atoms in total. The number of carboxylic acids is 1. The number of thioether (sulfide) groups is 1. The molecule has 0 spiro atoms. The minimum absolute atomic E-state index is 0.0736. The van der Waals surface area contributed by atoms with Crippen LogP contribution in [-0.4, -0.2) is 26.4 Å². The van der Waals surface area contributed by atoms with Crippen LogP contribution in [0, 0.1) is 5.41 Å². The number of hydrogen-bond donors (Lipinski definition) is 1. The standard InChI is InChI=1S/C12H18N2O2S/c1-12(2)5-3-4-9(12)14-7-6-13-11(14)17-8-10(15)16/h6-7,9H,3-5,8H2,1-2H3,(H,15,16). The van der Waals surface area contributed by atoms with Gasteiger partial charge in [0.1, 0.15) is 0 Å². The molecular weight excluding hydrogens is 236 g/mol. The molecule has 1 atom stereocenters. The fraction of sp³-hybridized carbons (Fsp3) is 0.667. The van der Waals surface area contributed by atoms with E-state index in [1.165, 1.54) is 24.6 Å². The molecule has 0 amide bonds. The third-order valence-corrected chi connectivity index (χ3v) is 4.46. The fourth-order valence-electron chi connectivity index (χ4n) is 2.60. The number of carboxylic acid groups (broad SMARTS) is 1. The third-order valence-electron chi connectivity index (χ3n) is 3.49. The molecule has 1 aromatic rings. The van der Waals surface area contributed by atoms with Crippen LogP contribution >= 0.6 is 11.8 Å². The van der Waals surface area contributed by atoms with Crippen molar-refractivity contribution < 1.29 is 9.90 Å². The summed E-state index contributed by atoms with van der Waals surface area (Å²) in [7, 11) is 0. The number of rotatable bonds is 4. The summed E-state index contributed by atoms with van der Waals surface area (Å²) >= 11 is 1.30. The highest BCUT2D eigenvalue weighted by molar-refractivity contribution is 7.99. The van der Waals surface area contributed by atoms with Crippen molar-refractivity contribution in [1.82, 2.24) is 9.55 Å². The Hall–Kier alpha value is -0.970. The van der Waals surface area contributed by atoms with Crippen LogP contribution in [0.25, 0.3) is 0 Å². The minimum atomic E-state index is -0.796. The van der Waals surface area contributed by atoms with E-state index in [1.807, 2.05) is 6.20 Å². The van der Waals surface area contributed by atoms with Gasteiger partial charge in [-0.05, 0) is 18.3 Å². The minimum Gasteiger partial charge on any atom is -0.481 e. The Morgan fingerprint density at radius 3 is 3.06 bits per heavy atom. The highest BCUT2D eigenvalue weighted by atomic mass is 32.2. The van der Waals surface area contributed by atoms with Crippen LogP contribution < -0.4 is 0 Å². The van der Waals surface area contributed by atoms with Crippen LogP contribution in [0.4, 0.5) is 0 Å². The van der Waals surface area contributed by atoms with E-state index in [0.29, 0.717) is 6.04 Å². The van der Waals surface area contributed by atoms with Crippen molar-refractivity contribution in [2.24, 2.45) is 5.41 Å². The van der Waals surface area contributed by atoms with Crippen molar-refractivity contribution in [2.45, 2.75) is 44.3 Å². The summed E-state index contributed by atoms with van der Waals surface area (Å²) in [4.78, 5) is 14.9. The first-order valence-corrected chi connectivity index (χ1v) is 6.87. The topological polar surface area (TPSA) is 55.1 Å². The van der Waals surface area contributed by atoms with Crippen molar-refractivity contribution in [3.8, 4) is 0 Å². The van der Waals surface area contributed by atoms with Gasteiger partial charge in [-0.15, -0.1) is 0 Å². The third kappa shape index (κ3) is 2.65. The van der Waals surface area contributed by atoms with Gasteiger partial charge in [-0.3, -0.25) is 4.79 Å². The van der Waals surface area contributed by atoms with Crippen LogP contribution in [0.5, 0.6) is 0 Å². The van der Waals surface area contributed by atoms with E-state index in [2.05, 4.69) is 23.4 Å². The summed E-state index contributed by atoms with van der Waals surface area (Å²) in [6.07, 6.45) is 7.35. The first kappa shape index (κ1) is 12.5. The lowest BCUT2D eigenvalue weighted by molar-refractivity contribution is -0.133. The van der Waals surface area contributed by atoms with Crippen molar-refractivity contribution >= 4 is 17.7 Å². The molecule has 0 bridgehead atoms. The van der Waals surface area contributed by atoms with E-state index in [0.717, 1.165) is 11.6 Å². The lowest BCUT2D eigenvalue weighted by atomic mass is 9.87. The number of nitrogens with zero attached hydrogens (tertiary/aromatic N) is 2. The molecule has 94 valence electrons. The molecule has 2 rings (SSSR count). The first-order chi connectivity index (χ1) is 8.00. The Morgan fingerprint density at radius 2 is 2.47 bits per heavy atom. The van der Waals surface area contributed by atoms with E-state index >= 15 is 0 Å². The zero-order valence-corrected chi connectivity index (χ0v) is 11.0. The van der Waals surface area contributed by atoms with Gasteiger partial charge in [0.15, 0.2) is 5.16 Å². The second-order valence-electron chi connectivity index (χ2n) is 5.20. The van der Waals surface area contributed by atoms with E-state index in [1.54, 1.807) is 6.20 Å². The van der Waals surface area contributed by atoms with Gasteiger partial charge < -0.3 is 9.67 Å². The van der Waals surface area contributed by atoms with Gasteiger partial charge in [-0.25, -0.2) is 4.98 Å². The average molecular weight is 254 g/mol. The second-order valence-corrected chi connectivity index (χ2v) is 6.14. The van der Waals surface area contributed by atoms with Gasteiger partial charge in [-0.2, -0.15) is 0 Å². The second kappa shape index (κ2) is 4.72. The Morgan fingerprint density at radius 1 is 1.71 bits per heavy atom. The molecule has 0 aromatic carbocycles. The molecule has 1 saturated carbocycles. The Kier molecular flexibility index (Phi) is 3.47. The average Bonchev–Trinajstić information content (AvgIpc) is 2.80. The quantitative estimate of drug-likeness (QED) is 0.839. The Balaban J connectivity index is 2.16. The molecule has 5 heteroatoms. The van der Waals surface area contributed by atoms with Gasteiger partial charge in [0.2, 0.25) is 0 Å². The summed E-state index contributed by atoms with van der Waals surface area (Å²) in [6, 6.07) is 0.446. The van der Waals surface area contributed by atoms with Crippen molar-refractivity contribution in [2.75, 3.05) is 5.75 Å². The molecule has 1 aliphatic carbocycles. The maximum atomic E-state index is 10.6. The fourth-order valence-corrected chi connectivity index (χ4v) is 3.32. The van der Waals surface area contributed by atoms with Crippen LogP contribution in [0.3, 0.4) is 0 Å². The van der Waals surface area contributed by atoms with Gasteiger partial charge in [0.05, 0.1) is 5.75 Å². The van der Waals surface area contributed by atoms with E-state index in [4.69, 9.17) is 5.11 Å². The molecule has 1 heterocycles. The molecule has 1 aromatic heterocycles. The molecule has 1 unspecified atom stereocenters. The predicted molar refractivity (Wildman–Crippen MR) is 67.3 cm³/mol. The molecule has 0 aliphatic heterocycles. The normalized spacial score (nSPS) is 22.8. The van der Waals surface area contributed by atoms with Crippen molar-refractivity contribution in [3.05, 3.63) is 12.4 Å². The Labute approximate surface area is 105 Å².